The molecule has 120 valence electrons. The predicted octanol–water partition coefficient (Wildman–Crippen LogP) is 1.79. The minimum atomic E-state index is -0.00522. The number of hydrogen-bond donors (Lipinski definition) is 0. The van der Waals surface area contributed by atoms with E-state index in [4.69, 9.17) is 0 Å². The lowest BCUT2D eigenvalue weighted by atomic mass is 9.89. The van der Waals surface area contributed by atoms with Gasteiger partial charge in [0.25, 0.3) is 0 Å². The summed E-state index contributed by atoms with van der Waals surface area (Å²) >= 11 is 0. The number of pyridine rings is 1. The predicted molar refractivity (Wildman–Crippen MR) is 84.7 cm³/mol. The fourth-order valence-electron chi connectivity index (χ4n) is 2.94. The second-order valence-electron chi connectivity index (χ2n) is 5.78. The Morgan fingerprint density at radius 3 is 2.65 bits per heavy atom. The Balaban J connectivity index is 1.48. The molecule has 0 spiro atoms. The Bertz CT molecular complexity index is 646. The molecule has 2 aromatic rings. The second kappa shape index (κ2) is 7.17. The number of aryl methyl sites for hydroxylation is 1. The molecule has 0 N–H and O–H groups in total. The van der Waals surface area contributed by atoms with Crippen molar-refractivity contribution in [3.05, 3.63) is 48.5 Å². The third-order valence-corrected chi connectivity index (χ3v) is 4.28. The molecular weight excluding hydrogens is 292 g/mol. The van der Waals surface area contributed by atoms with Crippen molar-refractivity contribution in [1.29, 1.82) is 0 Å². The molecule has 1 aliphatic heterocycles. The number of ketones is 1. The van der Waals surface area contributed by atoms with Gasteiger partial charge in [0.2, 0.25) is 5.91 Å². The zero-order valence-electron chi connectivity index (χ0n) is 13.0. The third kappa shape index (κ3) is 3.83. The molecule has 0 saturated carbocycles. The Labute approximate surface area is 135 Å². The lowest BCUT2D eigenvalue weighted by molar-refractivity contribution is -0.132. The van der Waals surface area contributed by atoms with E-state index in [0.29, 0.717) is 31.6 Å². The van der Waals surface area contributed by atoms with E-state index in [-0.39, 0.29) is 17.6 Å². The fraction of sp³-hybridized carbons (Fsp3) is 0.412. The first kappa shape index (κ1) is 15.4. The highest BCUT2D eigenvalue weighted by atomic mass is 16.2. The van der Waals surface area contributed by atoms with Gasteiger partial charge in [-0.2, -0.15) is 5.10 Å². The van der Waals surface area contributed by atoms with E-state index < -0.39 is 0 Å². The molecule has 3 rings (SSSR count). The molecule has 1 amide bonds. The maximum atomic E-state index is 12.4. The van der Waals surface area contributed by atoms with Crippen molar-refractivity contribution in [2.24, 2.45) is 5.92 Å². The molecule has 2 aromatic heterocycles. The van der Waals surface area contributed by atoms with E-state index >= 15 is 0 Å². The molecule has 6 nitrogen and oxygen atoms in total. The highest BCUT2D eigenvalue weighted by molar-refractivity contribution is 5.97. The number of likely N-dealkylation sites (tertiary alicyclic amines) is 1. The Kier molecular flexibility index (Phi) is 4.80. The van der Waals surface area contributed by atoms with Gasteiger partial charge >= 0.3 is 0 Å². The van der Waals surface area contributed by atoms with Crippen LogP contribution in [0.5, 0.6) is 0 Å². The molecule has 0 aliphatic carbocycles. The summed E-state index contributed by atoms with van der Waals surface area (Å²) < 4.78 is 1.76. The summed E-state index contributed by atoms with van der Waals surface area (Å²) in [5.41, 5.74) is 0.663. The van der Waals surface area contributed by atoms with Gasteiger partial charge in [-0.25, -0.2) is 0 Å². The number of aromatic nitrogens is 3. The summed E-state index contributed by atoms with van der Waals surface area (Å²) in [6.45, 7) is 1.89. The lowest BCUT2D eigenvalue weighted by Gasteiger charge is -2.31. The summed E-state index contributed by atoms with van der Waals surface area (Å²) in [7, 11) is 0. The first-order chi connectivity index (χ1) is 11.2. The molecule has 1 aliphatic rings. The van der Waals surface area contributed by atoms with Gasteiger partial charge in [0.1, 0.15) is 0 Å². The van der Waals surface area contributed by atoms with Crippen LogP contribution >= 0.6 is 0 Å². The SMILES string of the molecule is O=C(c1cccnc1)C1CCN(C(=O)CCn2cccn2)CC1. The molecule has 0 bridgehead atoms. The molecule has 3 heterocycles. The van der Waals surface area contributed by atoms with Crippen LogP contribution in [0.1, 0.15) is 29.6 Å². The van der Waals surface area contributed by atoms with Crippen LogP contribution in [-0.2, 0) is 11.3 Å². The average molecular weight is 312 g/mol. The first-order valence-electron chi connectivity index (χ1n) is 7.93. The Morgan fingerprint density at radius 1 is 1.17 bits per heavy atom. The average Bonchev–Trinajstić information content (AvgIpc) is 3.13. The van der Waals surface area contributed by atoms with E-state index in [2.05, 4.69) is 10.1 Å². The third-order valence-electron chi connectivity index (χ3n) is 4.28. The van der Waals surface area contributed by atoms with Crippen molar-refractivity contribution in [2.45, 2.75) is 25.8 Å². The van der Waals surface area contributed by atoms with Crippen molar-refractivity contribution in [3.8, 4) is 0 Å². The molecule has 0 aromatic carbocycles. The maximum absolute atomic E-state index is 12.4. The van der Waals surface area contributed by atoms with Crippen molar-refractivity contribution >= 4 is 11.7 Å². The number of carbonyl (C=O) groups is 2. The van der Waals surface area contributed by atoms with Gasteiger partial charge in [0.15, 0.2) is 5.78 Å². The highest BCUT2D eigenvalue weighted by Crippen LogP contribution is 2.22. The second-order valence-corrected chi connectivity index (χ2v) is 5.78. The van der Waals surface area contributed by atoms with Gasteiger partial charge in [-0.15, -0.1) is 0 Å². The van der Waals surface area contributed by atoms with Gasteiger partial charge < -0.3 is 4.90 Å². The largest absolute Gasteiger partial charge is 0.343 e. The van der Waals surface area contributed by atoms with Crippen LogP contribution < -0.4 is 0 Å². The number of amides is 1. The van der Waals surface area contributed by atoms with Crippen LogP contribution in [0.25, 0.3) is 0 Å². The number of nitrogens with zero attached hydrogens (tertiary/aromatic N) is 4. The van der Waals surface area contributed by atoms with Crippen LogP contribution in [-0.4, -0.2) is 44.4 Å². The normalized spacial score (nSPS) is 15.6. The molecule has 1 fully saturated rings. The van der Waals surface area contributed by atoms with Crippen molar-refractivity contribution in [2.75, 3.05) is 13.1 Å². The molecular formula is C17H20N4O2. The van der Waals surface area contributed by atoms with E-state index in [9.17, 15) is 9.59 Å². The summed E-state index contributed by atoms with van der Waals surface area (Å²) in [4.78, 5) is 30.5. The zero-order valence-corrected chi connectivity index (χ0v) is 13.0. The quantitative estimate of drug-likeness (QED) is 0.789. The Morgan fingerprint density at radius 2 is 2.00 bits per heavy atom. The van der Waals surface area contributed by atoms with E-state index in [1.165, 1.54) is 0 Å². The summed E-state index contributed by atoms with van der Waals surface area (Å²) in [5, 5.41) is 4.10. The van der Waals surface area contributed by atoms with Crippen molar-refractivity contribution < 1.29 is 9.59 Å². The summed E-state index contributed by atoms with van der Waals surface area (Å²) in [6, 6.07) is 5.43. The zero-order chi connectivity index (χ0) is 16.1. The number of carbonyl (C=O) groups excluding carboxylic acids is 2. The number of rotatable bonds is 5. The minimum absolute atomic E-state index is 0.00522. The van der Waals surface area contributed by atoms with E-state index in [0.717, 1.165) is 12.8 Å². The minimum Gasteiger partial charge on any atom is -0.343 e. The molecule has 1 saturated heterocycles. The number of Topliss-reactive ketones (excluding diaryl/α,β-unsaturated/α-hetero) is 1. The van der Waals surface area contributed by atoms with Crippen molar-refractivity contribution in [3.63, 3.8) is 0 Å². The van der Waals surface area contributed by atoms with Crippen LogP contribution in [0, 0.1) is 5.92 Å². The van der Waals surface area contributed by atoms with E-state index in [1.54, 1.807) is 35.4 Å². The molecule has 6 heteroatoms. The van der Waals surface area contributed by atoms with Crippen LogP contribution in [0.2, 0.25) is 0 Å². The maximum Gasteiger partial charge on any atom is 0.224 e. The van der Waals surface area contributed by atoms with Gasteiger partial charge in [-0.05, 0) is 31.0 Å². The van der Waals surface area contributed by atoms with Crippen LogP contribution in [0.4, 0.5) is 0 Å². The topological polar surface area (TPSA) is 68.1 Å². The van der Waals surface area contributed by atoms with Crippen LogP contribution in [0.15, 0.2) is 43.0 Å². The first-order valence-corrected chi connectivity index (χ1v) is 7.93. The fourth-order valence-corrected chi connectivity index (χ4v) is 2.94. The smallest absolute Gasteiger partial charge is 0.224 e. The van der Waals surface area contributed by atoms with Crippen LogP contribution in [0.3, 0.4) is 0 Å². The molecule has 23 heavy (non-hydrogen) atoms. The summed E-state index contributed by atoms with van der Waals surface area (Å²) in [5.74, 6) is 0.267. The molecule has 0 unspecified atom stereocenters. The molecule has 0 atom stereocenters. The summed E-state index contributed by atoms with van der Waals surface area (Å²) in [6.07, 6.45) is 8.74. The lowest BCUT2D eigenvalue weighted by Crippen LogP contribution is -2.40. The van der Waals surface area contributed by atoms with E-state index in [1.807, 2.05) is 17.2 Å². The number of piperidine rings is 1. The number of hydrogen-bond acceptors (Lipinski definition) is 4. The van der Waals surface area contributed by atoms with Gasteiger partial charge in [-0.1, -0.05) is 0 Å². The standard InChI is InChI=1S/C17H20N4O2/c22-16(6-12-21-9-2-8-19-21)20-10-4-14(5-11-20)17(23)15-3-1-7-18-13-15/h1-3,7-9,13-14H,4-6,10-12H2. The van der Waals surface area contributed by atoms with Gasteiger partial charge in [-0.3, -0.25) is 19.3 Å². The monoisotopic (exact) mass is 312 g/mol. The highest BCUT2D eigenvalue weighted by Gasteiger charge is 2.27. The van der Waals surface area contributed by atoms with Gasteiger partial charge in [0, 0.05) is 62.3 Å². The van der Waals surface area contributed by atoms with Crippen molar-refractivity contribution in [1.82, 2.24) is 19.7 Å². The Hall–Kier alpha value is -2.50. The molecule has 0 radical (unpaired) electrons. The van der Waals surface area contributed by atoms with Gasteiger partial charge in [0.05, 0.1) is 0 Å².